The predicted molar refractivity (Wildman–Crippen MR) is 107 cm³/mol. The molecule has 27 heavy (non-hydrogen) atoms. The quantitative estimate of drug-likeness (QED) is 0.748. The fraction of sp³-hybridized carbons (Fsp3) is 0.286. The first-order valence-electron chi connectivity index (χ1n) is 8.68. The first-order chi connectivity index (χ1) is 12.7. The van der Waals surface area contributed by atoms with E-state index in [1.807, 2.05) is 39.0 Å². The number of rotatable bonds is 5. The summed E-state index contributed by atoms with van der Waals surface area (Å²) >= 11 is 0. The van der Waals surface area contributed by atoms with Crippen molar-refractivity contribution < 1.29 is 9.59 Å². The second kappa shape index (κ2) is 8.37. The van der Waals surface area contributed by atoms with E-state index in [9.17, 15) is 9.59 Å². The van der Waals surface area contributed by atoms with Crippen LogP contribution in [0.4, 0.5) is 17.1 Å². The molecule has 0 bridgehead atoms. The van der Waals surface area contributed by atoms with Gasteiger partial charge in [-0.05, 0) is 55.5 Å². The highest BCUT2D eigenvalue weighted by atomic mass is 16.2. The molecular weight excluding hydrogens is 340 g/mol. The lowest BCUT2D eigenvalue weighted by Crippen LogP contribution is -2.31. The Morgan fingerprint density at radius 3 is 1.89 bits per heavy atom. The van der Waals surface area contributed by atoms with Gasteiger partial charge < -0.3 is 16.0 Å². The molecule has 6 nitrogen and oxygen atoms in total. The van der Waals surface area contributed by atoms with Gasteiger partial charge in [-0.2, -0.15) is 5.26 Å². The number of hydrogen-bond acceptors (Lipinski definition) is 4. The Bertz CT molecular complexity index is 844. The molecule has 0 aliphatic carbocycles. The van der Waals surface area contributed by atoms with Gasteiger partial charge in [0.15, 0.2) is 0 Å². The van der Waals surface area contributed by atoms with Gasteiger partial charge in [0.1, 0.15) is 6.04 Å². The normalized spacial score (nSPS) is 11.8. The predicted octanol–water partition coefficient (Wildman–Crippen LogP) is 3.98. The summed E-state index contributed by atoms with van der Waals surface area (Å²) in [5, 5.41) is 17.6. The Kier molecular flexibility index (Phi) is 6.19. The minimum Gasteiger partial charge on any atom is -0.374 e. The molecular formula is C21H24N4O2. The fourth-order valence-electron chi connectivity index (χ4n) is 2.16. The summed E-state index contributed by atoms with van der Waals surface area (Å²) in [5.41, 5.74) is 2.18. The number of carbonyl (C=O) groups is 2. The van der Waals surface area contributed by atoms with Crippen LogP contribution in [0.2, 0.25) is 0 Å². The first-order valence-corrected chi connectivity index (χ1v) is 8.68. The van der Waals surface area contributed by atoms with Crippen molar-refractivity contribution in [2.45, 2.75) is 33.7 Å². The summed E-state index contributed by atoms with van der Waals surface area (Å²) in [6.07, 6.45) is 0. The van der Waals surface area contributed by atoms with Crippen molar-refractivity contribution >= 4 is 28.9 Å². The summed E-state index contributed by atoms with van der Waals surface area (Å²) in [4.78, 5) is 24.3. The minimum atomic E-state index is -0.463. The molecule has 0 radical (unpaired) electrons. The lowest BCUT2D eigenvalue weighted by atomic mass is 9.95. The van der Waals surface area contributed by atoms with Gasteiger partial charge in [-0.25, -0.2) is 0 Å². The van der Waals surface area contributed by atoms with Gasteiger partial charge in [-0.3, -0.25) is 9.59 Å². The number of amides is 2. The summed E-state index contributed by atoms with van der Waals surface area (Å²) < 4.78 is 0. The Balaban J connectivity index is 1.92. The van der Waals surface area contributed by atoms with E-state index >= 15 is 0 Å². The van der Waals surface area contributed by atoms with Crippen molar-refractivity contribution in [2.75, 3.05) is 16.0 Å². The number of nitrogens with one attached hydrogen (secondary N) is 3. The summed E-state index contributed by atoms with van der Waals surface area (Å²) in [6, 6.07) is 15.5. The van der Waals surface area contributed by atoms with Crippen LogP contribution in [0, 0.1) is 16.7 Å². The van der Waals surface area contributed by atoms with Crippen LogP contribution in [-0.2, 0) is 9.59 Å². The van der Waals surface area contributed by atoms with E-state index in [1.165, 1.54) is 0 Å². The maximum absolute atomic E-state index is 12.3. The SMILES string of the molecule is CC(Nc1ccc(NC(=O)C(C)(C)C)cc1)C(=O)Nc1ccc(C#N)cc1. The molecule has 3 N–H and O–H groups in total. The van der Waals surface area contributed by atoms with Gasteiger partial charge in [0.05, 0.1) is 11.6 Å². The molecule has 0 saturated heterocycles. The van der Waals surface area contributed by atoms with Crippen LogP contribution >= 0.6 is 0 Å². The summed E-state index contributed by atoms with van der Waals surface area (Å²) in [7, 11) is 0. The molecule has 6 heteroatoms. The van der Waals surface area contributed by atoms with Gasteiger partial charge in [0, 0.05) is 22.5 Å². The molecule has 0 heterocycles. The van der Waals surface area contributed by atoms with Crippen LogP contribution in [-0.4, -0.2) is 17.9 Å². The number of benzene rings is 2. The zero-order valence-corrected chi connectivity index (χ0v) is 16.0. The highest BCUT2D eigenvalue weighted by Gasteiger charge is 2.21. The molecule has 0 aromatic heterocycles. The van der Waals surface area contributed by atoms with Gasteiger partial charge in [-0.15, -0.1) is 0 Å². The average Bonchev–Trinajstić information content (AvgIpc) is 2.63. The van der Waals surface area contributed by atoms with Crippen LogP contribution in [0.5, 0.6) is 0 Å². The Hall–Kier alpha value is -3.33. The lowest BCUT2D eigenvalue weighted by molar-refractivity contribution is -0.123. The third-order valence-electron chi connectivity index (χ3n) is 3.88. The Morgan fingerprint density at radius 2 is 1.37 bits per heavy atom. The number of nitrogens with zero attached hydrogens (tertiary/aromatic N) is 1. The van der Waals surface area contributed by atoms with Gasteiger partial charge in [-0.1, -0.05) is 20.8 Å². The van der Waals surface area contributed by atoms with E-state index in [0.29, 0.717) is 16.9 Å². The van der Waals surface area contributed by atoms with Crippen LogP contribution < -0.4 is 16.0 Å². The fourth-order valence-corrected chi connectivity index (χ4v) is 2.16. The number of carbonyl (C=O) groups excluding carboxylic acids is 2. The zero-order chi connectivity index (χ0) is 20.0. The minimum absolute atomic E-state index is 0.0571. The monoisotopic (exact) mass is 364 g/mol. The van der Waals surface area contributed by atoms with Crippen LogP contribution in [0.25, 0.3) is 0 Å². The highest BCUT2D eigenvalue weighted by molar-refractivity contribution is 5.96. The van der Waals surface area contributed by atoms with Crippen molar-refractivity contribution in [3.63, 3.8) is 0 Å². The Labute approximate surface area is 159 Å². The van der Waals surface area contributed by atoms with Crippen molar-refractivity contribution in [3.8, 4) is 6.07 Å². The van der Waals surface area contributed by atoms with Gasteiger partial charge in [0.2, 0.25) is 11.8 Å². The largest absolute Gasteiger partial charge is 0.374 e. The number of anilines is 3. The zero-order valence-electron chi connectivity index (χ0n) is 16.0. The molecule has 2 aromatic carbocycles. The van der Waals surface area contributed by atoms with E-state index in [-0.39, 0.29) is 11.8 Å². The first kappa shape index (κ1) is 20.0. The van der Waals surface area contributed by atoms with Crippen LogP contribution in [0.15, 0.2) is 48.5 Å². The molecule has 0 saturated carbocycles. The van der Waals surface area contributed by atoms with Crippen molar-refractivity contribution in [1.29, 1.82) is 5.26 Å². The van der Waals surface area contributed by atoms with E-state index in [0.717, 1.165) is 5.69 Å². The van der Waals surface area contributed by atoms with Gasteiger partial charge >= 0.3 is 0 Å². The number of nitriles is 1. The molecule has 1 atom stereocenters. The molecule has 1 unspecified atom stereocenters. The van der Waals surface area contributed by atoms with Crippen LogP contribution in [0.1, 0.15) is 33.3 Å². The second-order valence-electron chi connectivity index (χ2n) is 7.33. The highest BCUT2D eigenvalue weighted by Crippen LogP contribution is 2.19. The summed E-state index contributed by atoms with van der Waals surface area (Å²) in [6.45, 7) is 7.32. The van der Waals surface area contributed by atoms with Crippen molar-refractivity contribution in [1.82, 2.24) is 0 Å². The van der Waals surface area contributed by atoms with E-state index in [4.69, 9.17) is 5.26 Å². The molecule has 2 amide bonds. The van der Waals surface area contributed by atoms with E-state index in [1.54, 1.807) is 43.3 Å². The van der Waals surface area contributed by atoms with Crippen molar-refractivity contribution in [2.24, 2.45) is 5.41 Å². The standard InChI is InChI=1S/C21H24N4O2/c1-14(19(26)24-17-7-5-15(13-22)6-8-17)23-16-9-11-18(12-10-16)25-20(27)21(2,3)4/h5-12,14,23H,1-4H3,(H,24,26)(H,25,27). The summed E-state index contributed by atoms with van der Waals surface area (Å²) in [5.74, 6) is -0.247. The molecule has 0 aliphatic heterocycles. The van der Waals surface area contributed by atoms with Gasteiger partial charge in [0.25, 0.3) is 0 Å². The molecule has 0 spiro atoms. The van der Waals surface area contributed by atoms with Crippen molar-refractivity contribution in [3.05, 3.63) is 54.1 Å². The second-order valence-corrected chi connectivity index (χ2v) is 7.33. The molecule has 0 fully saturated rings. The average molecular weight is 364 g/mol. The lowest BCUT2D eigenvalue weighted by Gasteiger charge is -2.18. The maximum atomic E-state index is 12.3. The third-order valence-corrected chi connectivity index (χ3v) is 3.88. The topological polar surface area (TPSA) is 94.0 Å². The third kappa shape index (κ3) is 5.86. The molecule has 0 aliphatic rings. The molecule has 140 valence electrons. The smallest absolute Gasteiger partial charge is 0.246 e. The Morgan fingerprint density at radius 1 is 0.889 bits per heavy atom. The van der Waals surface area contributed by atoms with E-state index < -0.39 is 11.5 Å². The molecule has 2 rings (SSSR count). The van der Waals surface area contributed by atoms with Crippen LogP contribution in [0.3, 0.4) is 0 Å². The maximum Gasteiger partial charge on any atom is 0.246 e. The van der Waals surface area contributed by atoms with E-state index in [2.05, 4.69) is 16.0 Å². The number of hydrogen-bond donors (Lipinski definition) is 3. The molecule has 2 aromatic rings.